The van der Waals surface area contributed by atoms with Gasteiger partial charge in [0, 0.05) is 52.3 Å². The zero-order valence-corrected chi connectivity index (χ0v) is 33.7. The number of thioether (sulfide) groups is 1. The molecule has 11 nitrogen and oxygen atoms in total. The summed E-state index contributed by atoms with van der Waals surface area (Å²) in [6.07, 6.45) is 2.78. The molecule has 1 atom stereocenters. The van der Waals surface area contributed by atoms with Gasteiger partial charge in [-0.3, -0.25) is 19.3 Å². The Morgan fingerprint density at radius 2 is 1.60 bits per heavy atom. The summed E-state index contributed by atoms with van der Waals surface area (Å²) in [5, 5.41) is 18.9. The molecule has 0 saturated carbocycles. The fraction of sp³-hybridized carbons (Fsp3) is 0.227. The van der Waals surface area contributed by atoms with Crippen LogP contribution in [0.3, 0.4) is 0 Å². The molecule has 0 fully saturated rings. The van der Waals surface area contributed by atoms with Crippen LogP contribution in [0.15, 0.2) is 108 Å². The normalized spacial score (nSPS) is 13.1. The third kappa shape index (κ3) is 10.0. The van der Waals surface area contributed by atoms with E-state index in [2.05, 4.69) is 39.1 Å². The van der Waals surface area contributed by atoms with Gasteiger partial charge in [-0.05, 0) is 66.4 Å². The van der Waals surface area contributed by atoms with E-state index in [4.69, 9.17) is 14.2 Å². The number of nitrogens with zero attached hydrogens (tertiary/aromatic N) is 2. The highest BCUT2D eigenvalue weighted by atomic mass is 32.2. The molecule has 1 aliphatic rings. The van der Waals surface area contributed by atoms with Crippen LogP contribution < -0.4 is 30.2 Å². The molecule has 5 aromatic rings. The number of methoxy groups -OCH3 is 3. The molecule has 3 N–H and O–H groups in total. The van der Waals surface area contributed by atoms with E-state index in [1.807, 2.05) is 31.2 Å². The lowest BCUT2D eigenvalue weighted by molar-refractivity contribution is -0.116. The summed E-state index contributed by atoms with van der Waals surface area (Å²) in [7, 11) is 4.50. The lowest BCUT2D eigenvalue weighted by Crippen LogP contribution is -2.30. The van der Waals surface area contributed by atoms with Gasteiger partial charge in [-0.2, -0.15) is 5.26 Å². The van der Waals surface area contributed by atoms with Crippen molar-refractivity contribution >= 4 is 57.6 Å². The minimum Gasteiger partial charge on any atom is -0.496 e. The molecule has 3 amide bonds. The summed E-state index contributed by atoms with van der Waals surface area (Å²) in [5.41, 5.74) is 4.04. The molecule has 0 radical (unpaired) electrons. The number of hydrogen-bond donors (Lipinski definition) is 3. The lowest BCUT2D eigenvalue weighted by Gasteiger charge is -2.26. The number of carbonyl (C=O) groups excluding carboxylic acids is 3. The van der Waals surface area contributed by atoms with E-state index in [1.54, 1.807) is 60.7 Å². The first-order valence-electron chi connectivity index (χ1n) is 18.3. The van der Waals surface area contributed by atoms with Gasteiger partial charge in [0.15, 0.2) is 11.5 Å². The van der Waals surface area contributed by atoms with Crippen LogP contribution in [0.2, 0.25) is 0 Å². The van der Waals surface area contributed by atoms with Crippen LogP contribution in [0, 0.1) is 11.3 Å². The fourth-order valence-electron chi connectivity index (χ4n) is 6.43. The molecule has 4 aromatic carbocycles. The summed E-state index contributed by atoms with van der Waals surface area (Å²) in [6, 6.07) is 31.7. The minimum absolute atomic E-state index is 0.0478. The lowest BCUT2D eigenvalue weighted by atomic mass is 10.0. The van der Waals surface area contributed by atoms with E-state index in [-0.39, 0.29) is 11.6 Å². The van der Waals surface area contributed by atoms with Crippen LogP contribution in [-0.2, 0) is 29.1 Å². The Hall–Kier alpha value is -6.07. The predicted molar refractivity (Wildman–Crippen MR) is 225 cm³/mol. The summed E-state index contributed by atoms with van der Waals surface area (Å²) >= 11 is 2.84. The molecule has 1 aromatic heterocycles. The number of nitrogens with one attached hydrogen (secondary N) is 3. The Balaban J connectivity index is 1.18. The van der Waals surface area contributed by atoms with Gasteiger partial charge in [0.25, 0.3) is 11.8 Å². The molecular formula is C44H43N5O6S2. The summed E-state index contributed by atoms with van der Waals surface area (Å²) in [5.74, 6) is -0.0324. The first-order chi connectivity index (χ1) is 27.7. The molecule has 1 unspecified atom stereocenters. The zero-order valence-electron chi connectivity index (χ0n) is 32.1. The average Bonchev–Trinajstić information content (AvgIpc) is 3.58. The van der Waals surface area contributed by atoms with Crippen molar-refractivity contribution in [2.75, 3.05) is 38.5 Å². The summed E-state index contributed by atoms with van der Waals surface area (Å²) in [6.45, 7) is 4.31. The highest BCUT2D eigenvalue weighted by molar-refractivity contribution is 8.00. The minimum atomic E-state index is -0.587. The Kier molecular flexibility index (Phi) is 13.7. The number of rotatable bonds is 15. The van der Waals surface area contributed by atoms with Gasteiger partial charge in [-0.15, -0.1) is 23.1 Å². The molecule has 2 heterocycles. The van der Waals surface area contributed by atoms with E-state index in [9.17, 15) is 19.6 Å². The molecule has 0 bridgehead atoms. The van der Waals surface area contributed by atoms with Gasteiger partial charge in [-0.25, -0.2) is 0 Å². The molecule has 0 spiro atoms. The second kappa shape index (κ2) is 19.2. The highest BCUT2D eigenvalue weighted by Crippen LogP contribution is 2.39. The van der Waals surface area contributed by atoms with Crippen molar-refractivity contribution in [2.24, 2.45) is 0 Å². The van der Waals surface area contributed by atoms with Crippen molar-refractivity contribution in [3.8, 4) is 23.3 Å². The van der Waals surface area contributed by atoms with Crippen LogP contribution in [0.1, 0.15) is 50.8 Å². The Bertz CT molecular complexity index is 2310. The Labute approximate surface area is 340 Å². The Morgan fingerprint density at radius 3 is 2.28 bits per heavy atom. The monoisotopic (exact) mass is 801 g/mol. The van der Waals surface area contributed by atoms with Crippen LogP contribution in [-0.4, -0.2) is 55.7 Å². The van der Waals surface area contributed by atoms with Gasteiger partial charge < -0.3 is 30.2 Å². The van der Waals surface area contributed by atoms with Crippen molar-refractivity contribution in [3.05, 3.63) is 135 Å². The fourth-order valence-corrected chi connectivity index (χ4v) is 8.68. The quantitative estimate of drug-likeness (QED) is 0.0707. The second-order valence-electron chi connectivity index (χ2n) is 13.1. The van der Waals surface area contributed by atoms with Gasteiger partial charge in [0.2, 0.25) is 5.91 Å². The molecule has 0 saturated heterocycles. The van der Waals surface area contributed by atoms with E-state index >= 15 is 0 Å². The van der Waals surface area contributed by atoms with Crippen LogP contribution >= 0.6 is 23.1 Å². The van der Waals surface area contributed by atoms with E-state index in [1.165, 1.54) is 56.1 Å². The topological polar surface area (TPSA) is 142 Å². The van der Waals surface area contributed by atoms with Gasteiger partial charge >= 0.3 is 0 Å². The van der Waals surface area contributed by atoms with E-state index in [0.29, 0.717) is 51.0 Å². The maximum atomic E-state index is 13.9. The average molecular weight is 802 g/mol. The number of carbonyl (C=O) groups is 3. The first kappa shape index (κ1) is 40.6. The summed E-state index contributed by atoms with van der Waals surface area (Å²) < 4.78 is 16.5. The van der Waals surface area contributed by atoms with Crippen LogP contribution in [0.25, 0.3) is 6.08 Å². The second-order valence-corrected chi connectivity index (χ2v) is 15.5. The van der Waals surface area contributed by atoms with Crippen molar-refractivity contribution < 1.29 is 28.6 Å². The molecule has 1 aliphatic heterocycles. The third-order valence-corrected chi connectivity index (χ3v) is 11.8. The van der Waals surface area contributed by atoms with Gasteiger partial charge in [0.05, 0.1) is 32.1 Å². The summed E-state index contributed by atoms with van der Waals surface area (Å²) in [4.78, 5) is 45.2. The number of thiophene rings is 1. The molecule has 13 heteroatoms. The zero-order chi connectivity index (χ0) is 40.3. The third-order valence-electron chi connectivity index (χ3n) is 9.33. The van der Waals surface area contributed by atoms with Crippen LogP contribution in [0.5, 0.6) is 17.2 Å². The smallest absolute Gasteiger partial charge is 0.272 e. The standard InChI is InChI=1S/C44H43N5O6S2/c1-5-39(43(52)48-44-34(25-45)33-19-20-49(27-40(33)57-44)26-28-13-8-6-9-14-28)56-32-18-12-17-31(23-32)46-42(51)35(47-41(50)29-15-10-7-11-16-29)21-30-22-37(54-3)38(55-4)24-36(30)53-2/h6-18,21-24,39H,5,19-20,26-27H2,1-4H3,(H,46,51)(H,47,50)(H,48,52)/b35-21+. The predicted octanol–water partition coefficient (Wildman–Crippen LogP) is 8.12. The maximum absolute atomic E-state index is 13.9. The number of benzene rings is 4. The number of fused-ring (bicyclic) bond motifs is 1. The largest absolute Gasteiger partial charge is 0.496 e. The molecule has 57 heavy (non-hydrogen) atoms. The van der Waals surface area contributed by atoms with Crippen molar-refractivity contribution in [1.29, 1.82) is 5.26 Å². The maximum Gasteiger partial charge on any atom is 0.272 e. The van der Waals surface area contributed by atoms with Gasteiger partial charge in [-0.1, -0.05) is 61.5 Å². The van der Waals surface area contributed by atoms with Gasteiger partial charge in [0.1, 0.15) is 22.5 Å². The number of ether oxygens (including phenoxy) is 3. The van der Waals surface area contributed by atoms with Crippen molar-refractivity contribution in [1.82, 2.24) is 10.2 Å². The van der Waals surface area contributed by atoms with Crippen molar-refractivity contribution in [3.63, 3.8) is 0 Å². The van der Waals surface area contributed by atoms with Crippen LogP contribution in [0.4, 0.5) is 10.7 Å². The number of amides is 3. The molecule has 292 valence electrons. The van der Waals surface area contributed by atoms with E-state index < -0.39 is 17.1 Å². The van der Waals surface area contributed by atoms with E-state index in [0.717, 1.165) is 41.4 Å². The molecule has 6 rings (SSSR count). The number of hydrogen-bond acceptors (Lipinski definition) is 10. The van der Waals surface area contributed by atoms with Crippen molar-refractivity contribution in [2.45, 2.75) is 43.0 Å². The first-order valence-corrected chi connectivity index (χ1v) is 20.0. The SMILES string of the molecule is CCC(Sc1cccc(NC(=O)/C(=C\c2cc(OC)c(OC)cc2OC)NC(=O)c2ccccc2)c1)C(=O)Nc1sc2c(c1C#N)CCN(Cc1ccccc1)C2. The number of nitriles is 1. The molecule has 0 aliphatic carbocycles. The number of anilines is 2. The molecular weight excluding hydrogens is 759 g/mol. The highest BCUT2D eigenvalue weighted by Gasteiger charge is 2.27. The Morgan fingerprint density at radius 1 is 0.895 bits per heavy atom.